The molecule has 0 spiro atoms. The summed E-state index contributed by atoms with van der Waals surface area (Å²) < 4.78 is 18.7. The van der Waals surface area contributed by atoms with Gasteiger partial charge in [0.05, 0.1) is 12.8 Å². The minimum Gasteiger partial charge on any atom is -0.496 e. The number of H-pyrrole nitrogens is 1. The van der Waals surface area contributed by atoms with E-state index in [0.29, 0.717) is 22.6 Å². The first-order valence-corrected chi connectivity index (χ1v) is 5.64. The molecule has 1 atom stereocenters. The fraction of sp³-hybridized carbons (Fsp3) is 0.231. The lowest BCUT2D eigenvalue weighted by Gasteiger charge is -2.12. The monoisotopic (exact) mass is 264 g/mol. The van der Waals surface area contributed by atoms with Crippen molar-refractivity contribution in [2.45, 2.75) is 13.1 Å². The van der Waals surface area contributed by atoms with Crippen LogP contribution in [0.25, 0.3) is 11.3 Å². The minimum absolute atomic E-state index is 0.0317. The minimum atomic E-state index is -1.19. The molecule has 0 aliphatic rings. The third-order valence-electron chi connectivity index (χ3n) is 2.76. The van der Waals surface area contributed by atoms with Gasteiger partial charge in [-0.1, -0.05) is 12.1 Å². The Morgan fingerprint density at radius 1 is 1.53 bits per heavy atom. The van der Waals surface area contributed by atoms with Crippen molar-refractivity contribution in [2.24, 2.45) is 0 Å². The number of methoxy groups -OCH3 is 1. The normalized spacial score (nSPS) is 12.2. The van der Waals surface area contributed by atoms with Crippen molar-refractivity contribution in [3.05, 3.63) is 35.5 Å². The van der Waals surface area contributed by atoms with E-state index in [4.69, 9.17) is 9.84 Å². The van der Waals surface area contributed by atoms with Crippen molar-refractivity contribution < 1.29 is 19.0 Å². The third-order valence-corrected chi connectivity index (χ3v) is 2.76. The van der Waals surface area contributed by atoms with E-state index in [1.54, 1.807) is 18.2 Å². The van der Waals surface area contributed by atoms with Crippen LogP contribution >= 0.6 is 0 Å². The highest BCUT2D eigenvalue weighted by Crippen LogP contribution is 2.36. The van der Waals surface area contributed by atoms with Gasteiger partial charge in [0.15, 0.2) is 0 Å². The molecule has 1 aromatic heterocycles. The number of hydrogen-bond acceptors (Lipinski definition) is 3. The fourth-order valence-corrected chi connectivity index (χ4v) is 1.87. The Hall–Kier alpha value is -2.37. The van der Waals surface area contributed by atoms with Gasteiger partial charge >= 0.3 is 5.97 Å². The van der Waals surface area contributed by atoms with Crippen molar-refractivity contribution in [2.75, 3.05) is 7.11 Å². The van der Waals surface area contributed by atoms with Crippen LogP contribution in [-0.4, -0.2) is 28.4 Å². The summed E-state index contributed by atoms with van der Waals surface area (Å²) in [5, 5.41) is 15.2. The number of carbonyl (C=O) groups is 1. The summed E-state index contributed by atoms with van der Waals surface area (Å²) in [6.07, 6.45) is -1.19. The van der Waals surface area contributed by atoms with E-state index in [-0.39, 0.29) is 5.69 Å². The molecule has 0 aliphatic carbocycles. The van der Waals surface area contributed by atoms with Crippen LogP contribution in [0.15, 0.2) is 24.3 Å². The molecule has 1 heterocycles. The topological polar surface area (TPSA) is 75.2 Å². The number of rotatable bonds is 4. The second-order valence-corrected chi connectivity index (χ2v) is 4.02. The van der Waals surface area contributed by atoms with E-state index in [9.17, 15) is 9.18 Å². The van der Waals surface area contributed by atoms with Crippen LogP contribution in [0.2, 0.25) is 0 Å². The molecule has 0 fully saturated rings. The fourth-order valence-electron chi connectivity index (χ4n) is 1.87. The smallest absolute Gasteiger partial charge is 0.353 e. The number of carboxylic acids is 1. The summed E-state index contributed by atoms with van der Waals surface area (Å²) in [5.74, 6) is -0.742. The van der Waals surface area contributed by atoms with Crippen LogP contribution in [0.1, 0.15) is 29.1 Å². The zero-order chi connectivity index (χ0) is 14.0. The number of para-hydroxylation sites is 1. The lowest BCUT2D eigenvalue weighted by atomic mass is 10.0. The average Bonchev–Trinajstić information content (AvgIpc) is 2.87. The number of halogens is 1. The van der Waals surface area contributed by atoms with Gasteiger partial charge in [0.2, 0.25) is 0 Å². The van der Waals surface area contributed by atoms with Crippen molar-refractivity contribution >= 4 is 5.97 Å². The molecule has 2 rings (SSSR count). The average molecular weight is 264 g/mol. The lowest BCUT2D eigenvalue weighted by Crippen LogP contribution is -1.96. The number of nitrogens with zero attached hydrogens (tertiary/aromatic N) is 1. The quantitative estimate of drug-likeness (QED) is 0.890. The number of benzene rings is 1. The summed E-state index contributed by atoms with van der Waals surface area (Å²) in [4.78, 5) is 10.8. The van der Waals surface area contributed by atoms with Gasteiger partial charge in [-0.15, -0.1) is 0 Å². The number of carboxylic acid groups (broad SMARTS) is 1. The highest BCUT2D eigenvalue weighted by atomic mass is 19.1. The maximum Gasteiger partial charge on any atom is 0.353 e. The van der Waals surface area contributed by atoms with Crippen LogP contribution in [0.3, 0.4) is 0 Å². The van der Waals surface area contributed by atoms with Gasteiger partial charge in [-0.3, -0.25) is 5.10 Å². The molecule has 6 heteroatoms. The highest BCUT2D eigenvalue weighted by molar-refractivity contribution is 5.87. The van der Waals surface area contributed by atoms with E-state index in [1.807, 2.05) is 0 Å². The van der Waals surface area contributed by atoms with Crippen molar-refractivity contribution in [3.63, 3.8) is 0 Å². The summed E-state index contributed by atoms with van der Waals surface area (Å²) in [6.45, 7) is 1.41. The molecule has 0 bridgehead atoms. The van der Waals surface area contributed by atoms with Gasteiger partial charge in [-0.05, 0) is 19.1 Å². The maximum absolute atomic E-state index is 13.5. The molecular formula is C13H13FN2O3. The second kappa shape index (κ2) is 5.09. The van der Waals surface area contributed by atoms with Crippen molar-refractivity contribution in [1.29, 1.82) is 0 Å². The Bertz CT molecular complexity index is 608. The van der Waals surface area contributed by atoms with Crippen molar-refractivity contribution in [3.8, 4) is 17.0 Å². The molecule has 5 nitrogen and oxygen atoms in total. The van der Waals surface area contributed by atoms with Crippen LogP contribution in [0.5, 0.6) is 5.75 Å². The van der Waals surface area contributed by atoms with Gasteiger partial charge in [0.25, 0.3) is 0 Å². The molecular weight excluding hydrogens is 251 g/mol. The number of nitrogens with one attached hydrogen (secondary N) is 1. The molecule has 0 saturated heterocycles. The summed E-state index contributed by atoms with van der Waals surface area (Å²) in [5.41, 5.74) is 1.32. The predicted octanol–water partition coefficient (Wildman–Crippen LogP) is 2.81. The number of ether oxygens (including phenoxy) is 1. The van der Waals surface area contributed by atoms with E-state index in [2.05, 4.69) is 10.2 Å². The van der Waals surface area contributed by atoms with Crippen LogP contribution in [0, 0.1) is 0 Å². The standard InChI is InChI=1S/C13H13FN2O3/c1-7(14)8-4-3-5-9(12(8)19-2)10-6-11(13(17)18)16-15-10/h3-7H,1-2H3,(H,15,16)(H,17,18). The van der Waals surface area contributed by atoms with E-state index in [1.165, 1.54) is 20.1 Å². The SMILES string of the molecule is COc1c(-c2cc(C(=O)O)[nH]n2)cccc1C(C)F. The Morgan fingerprint density at radius 3 is 2.79 bits per heavy atom. The summed E-state index contributed by atoms with van der Waals surface area (Å²) in [6, 6.07) is 6.38. The number of hydrogen-bond donors (Lipinski definition) is 2. The zero-order valence-corrected chi connectivity index (χ0v) is 10.5. The maximum atomic E-state index is 13.5. The summed E-state index contributed by atoms with van der Waals surface area (Å²) in [7, 11) is 1.44. The van der Waals surface area contributed by atoms with Gasteiger partial charge < -0.3 is 9.84 Å². The van der Waals surface area contributed by atoms with E-state index >= 15 is 0 Å². The Labute approximate surface area is 109 Å². The zero-order valence-electron chi connectivity index (χ0n) is 10.5. The van der Waals surface area contributed by atoms with Gasteiger partial charge in [-0.25, -0.2) is 9.18 Å². The summed E-state index contributed by atoms with van der Waals surface area (Å²) >= 11 is 0. The predicted molar refractivity (Wildman–Crippen MR) is 67.1 cm³/mol. The molecule has 2 N–H and O–H groups in total. The first kappa shape index (κ1) is 13.1. The molecule has 0 amide bonds. The molecule has 1 unspecified atom stereocenters. The Balaban J connectivity index is 2.54. The first-order valence-electron chi connectivity index (χ1n) is 5.64. The molecule has 2 aromatic rings. The van der Waals surface area contributed by atoms with Crippen LogP contribution < -0.4 is 4.74 Å². The third kappa shape index (κ3) is 2.42. The number of aromatic carboxylic acids is 1. The van der Waals surface area contributed by atoms with E-state index in [0.717, 1.165) is 0 Å². The largest absolute Gasteiger partial charge is 0.496 e. The lowest BCUT2D eigenvalue weighted by molar-refractivity contribution is 0.0690. The molecule has 19 heavy (non-hydrogen) atoms. The van der Waals surface area contributed by atoms with Gasteiger partial charge in [-0.2, -0.15) is 5.10 Å². The highest BCUT2D eigenvalue weighted by Gasteiger charge is 2.18. The number of alkyl halides is 1. The van der Waals surface area contributed by atoms with Crippen LogP contribution in [0.4, 0.5) is 4.39 Å². The van der Waals surface area contributed by atoms with E-state index < -0.39 is 12.1 Å². The molecule has 0 radical (unpaired) electrons. The second-order valence-electron chi connectivity index (χ2n) is 4.02. The number of aromatic nitrogens is 2. The van der Waals surface area contributed by atoms with Gasteiger partial charge in [0, 0.05) is 11.1 Å². The molecule has 100 valence electrons. The van der Waals surface area contributed by atoms with Crippen molar-refractivity contribution in [1.82, 2.24) is 10.2 Å². The first-order chi connectivity index (χ1) is 9.04. The Kier molecular flexibility index (Phi) is 3.50. The number of aromatic amines is 1. The molecule has 0 saturated carbocycles. The molecule has 0 aliphatic heterocycles. The van der Waals surface area contributed by atoms with Crippen LogP contribution in [-0.2, 0) is 0 Å². The van der Waals surface area contributed by atoms with Gasteiger partial charge in [0.1, 0.15) is 17.6 Å². The molecule has 1 aromatic carbocycles. The Morgan fingerprint density at radius 2 is 2.26 bits per heavy atom.